The maximum Gasteiger partial charge on any atom is 0.193 e. The number of likely N-dealkylation sites (N-methyl/N-ethyl adjacent to an activating group) is 1. The van der Waals surface area contributed by atoms with E-state index in [-0.39, 0.29) is 29.7 Å². The molecule has 8 heteroatoms. The minimum atomic E-state index is -2.96. The van der Waals surface area contributed by atoms with Crippen molar-refractivity contribution in [3.05, 3.63) is 22.4 Å². The predicted octanol–water partition coefficient (Wildman–Crippen LogP) is 1.85. The molecule has 1 N–H and O–H groups in total. The molecule has 0 spiro atoms. The van der Waals surface area contributed by atoms with Gasteiger partial charge in [0.2, 0.25) is 0 Å². The van der Waals surface area contributed by atoms with E-state index >= 15 is 0 Å². The Labute approximate surface area is 148 Å². The van der Waals surface area contributed by atoms with Crippen molar-refractivity contribution in [1.82, 2.24) is 10.2 Å². The Morgan fingerprint density at radius 1 is 1.48 bits per heavy atom. The lowest BCUT2D eigenvalue weighted by Gasteiger charge is -2.21. The molecule has 5 nitrogen and oxygen atoms in total. The zero-order chi connectivity index (χ0) is 15.0. The first-order valence-corrected chi connectivity index (χ1v) is 9.56. The summed E-state index contributed by atoms with van der Waals surface area (Å²) < 4.78 is 22.2. The second kappa shape index (κ2) is 10.4. The first-order chi connectivity index (χ1) is 9.42. The number of thiophene rings is 1. The zero-order valence-electron chi connectivity index (χ0n) is 12.7. The van der Waals surface area contributed by atoms with Crippen LogP contribution in [-0.2, 0) is 16.3 Å². The molecule has 1 heterocycles. The van der Waals surface area contributed by atoms with Crippen LogP contribution < -0.4 is 5.32 Å². The van der Waals surface area contributed by atoms with Crippen LogP contribution in [0.25, 0.3) is 0 Å². The van der Waals surface area contributed by atoms with E-state index in [4.69, 9.17) is 0 Å². The van der Waals surface area contributed by atoms with Crippen LogP contribution in [0.3, 0.4) is 0 Å². The topological polar surface area (TPSA) is 61.8 Å². The normalized spacial score (nSPS) is 11.9. The molecule has 0 aliphatic carbocycles. The summed E-state index contributed by atoms with van der Waals surface area (Å²) in [5, 5.41) is 5.25. The molecular formula is C13H24IN3O2S2. The largest absolute Gasteiger partial charge is 0.357 e. The Balaban J connectivity index is 0.00000400. The highest BCUT2D eigenvalue weighted by Gasteiger charge is 2.07. The molecule has 0 saturated heterocycles. The van der Waals surface area contributed by atoms with Crippen molar-refractivity contribution in [2.75, 3.05) is 38.7 Å². The standard InChI is InChI=1S/C13H23N3O2S2.HI/c1-4-14-13(15-8-11-20(3,17)18)16(2)9-7-12-6-5-10-19-12;/h5-6,10H,4,7-9,11H2,1-3H3,(H,14,15);1H. The number of aliphatic imine (C=N–C) groups is 1. The van der Waals surface area contributed by atoms with Crippen molar-refractivity contribution < 1.29 is 8.42 Å². The van der Waals surface area contributed by atoms with Gasteiger partial charge in [0.05, 0.1) is 12.3 Å². The van der Waals surface area contributed by atoms with Crippen LogP contribution >= 0.6 is 35.3 Å². The van der Waals surface area contributed by atoms with Gasteiger partial charge in [-0.05, 0) is 24.8 Å². The maximum atomic E-state index is 11.1. The summed E-state index contributed by atoms with van der Waals surface area (Å²) >= 11 is 1.74. The smallest absolute Gasteiger partial charge is 0.193 e. The fourth-order valence-corrected chi connectivity index (χ4v) is 2.75. The van der Waals surface area contributed by atoms with Crippen molar-refractivity contribution in [3.63, 3.8) is 0 Å². The van der Waals surface area contributed by atoms with E-state index in [1.165, 1.54) is 11.1 Å². The van der Waals surface area contributed by atoms with Crippen LogP contribution in [0, 0.1) is 0 Å². The van der Waals surface area contributed by atoms with E-state index in [1.54, 1.807) is 11.3 Å². The number of hydrogen-bond donors (Lipinski definition) is 1. The van der Waals surface area contributed by atoms with Crippen molar-refractivity contribution in [2.45, 2.75) is 13.3 Å². The van der Waals surface area contributed by atoms with E-state index in [0.29, 0.717) is 6.54 Å². The Hall–Kier alpha value is -0.350. The van der Waals surface area contributed by atoms with Crippen LogP contribution in [0.15, 0.2) is 22.5 Å². The van der Waals surface area contributed by atoms with Gasteiger partial charge >= 0.3 is 0 Å². The number of rotatable bonds is 7. The number of hydrogen-bond acceptors (Lipinski definition) is 4. The Kier molecular flexibility index (Phi) is 10.2. The summed E-state index contributed by atoms with van der Waals surface area (Å²) in [5.74, 6) is 0.841. The van der Waals surface area contributed by atoms with Crippen molar-refractivity contribution >= 4 is 51.1 Å². The third-order valence-corrected chi connectivity index (χ3v) is 4.55. The highest BCUT2D eigenvalue weighted by atomic mass is 127. The fraction of sp³-hybridized carbons (Fsp3) is 0.615. The summed E-state index contributed by atoms with van der Waals surface area (Å²) in [5.41, 5.74) is 0. The fourth-order valence-electron chi connectivity index (χ4n) is 1.63. The quantitative estimate of drug-likeness (QED) is 0.396. The van der Waals surface area contributed by atoms with Gasteiger partial charge in [-0.3, -0.25) is 4.99 Å². The van der Waals surface area contributed by atoms with E-state index < -0.39 is 9.84 Å². The monoisotopic (exact) mass is 445 g/mol. The summed E-state index contributed by atoms with van der Waals surface area (Å²) in [6.07, 6.45) is 2.20. The minimum absolute atomic E-state index is 0. The van der Waals surface area contributed by atoms with Crippen molar-refractivity contribution in [2.24, 2.45) is 4.99 Å². The van der Waals surface area contributed by atoms with E-state index in [2.05, 4.69) is 21.8 Å². The van der Waals surface area contributed by atoms with Crippen molar-refractivity contribution in [3.8, 4) is 0 Å². The van der Waals surface area contributed by atoms with Gasteiger partial charge in [-0.15, -0.1) is 35.3 Å². The Bertz CT molecular complexity index is 516. The summed E-state index contributed by atoms with van der Waals surface area (Å²) in [7, 11) is -0.992. The molecule has 0 atom stereocenters. The molecular weight excluding hydrogens is 421 g/mol. The molecule has 0 aliphatic rings. The van der Waals surface area contributed by atoms with E-state index in [9.17, 15) is 8.42 Å². The third-order valence-electron chi connectivity index (χ3n) is 2.69. The summed E-state index contributed by atoms with van der Waals surface area (Å²) in [6.45, 7) is 3.91. The SMILES string of the molecule is CCNC(=NCCS(C)(=O)=O)N(C)CCc1cccs1.I. The van der Waals surface area contributed by atoms with Gasteiger partial charge in [0.1, 0.15) is 9.84 Å². The first-order valence-electron chi connectivity index (χ1n) is 6.62. The number of sulfone groups is 1. The molecule has 0 amide bonds. The molecule has 1 rings (SSSR count). The predicted molar refractivity (Wildman–Crippen MR) is 102 cm³/mol. The van der Waals surface area contributed by atoms with Crippen LogP contribution in [0.2, 0.25) is 0 Å². The van der Waals surface area contributed by atoms with Gasteiger partial charge in [-0.2, -0.15) is 0 Å². The molecule has 0 unspecified atom stereocenters. The Morgan fingerprint density at radius 3 is 2.71 bits per heavy atom. The lowest BCUT2D eigenvalue weighted by atomic mass is 10.3. The number of nitrogens with one attached hydrogen (secondary N) is 1. The molecule has 0 aromatic carbocycles. The second-order valence-corrected chi connectivity index (χ2v) is 7.91. The highest BCUT2D eigenvalue weighted by Crippen LogP contribution is 2.09. The molecule has 0 radical (unpaired) electrons. The highest BCUT2D eigenvalue weighted by molar-refractivity contribution is 14.0. The lowest BCUT2D eigenvalue weighted by molar-refractivity contribution is 0.487. The average molecular weight is 445 g/mol. The number of nitrogens with zero attached hydrogens (tertiary/aromatic N) is 2. The molecule has 21 heavy (non-hydrogen) atoms. The lowest BCUT2D eigenvalue weighted by Crippen LogP contribution is -2.40. The minimum Gasteiger partial charge on any atom is -0.357 e. The molecule has 0 bridgehead atoms. The van der Waals surface area contributed by atoms with Gasteiger partial charge in [-0.1, -0.05) is 6.07 Å². The van der Waals surface area contributed by atoms with Gasteiger partial charge in [0, 0.05) is 31.3 Å². The summed E-state index contributed by atoms with van der Waals surface area (Å²) in [6, 6.07) is 4.16. The van der Waals surface area contributed by atoms with Gasteiger partial charge in [0.25, 0.3) is 0 Å². The van der Waals surface area contributed by atoms with Crippen LogP contribution in [0.1, 0.15) is 11.8 Å². The number of halogens is 1. The zero-order valence-corrected chi connectivity index (χ0v) is 16.7. The molecule has 1 aromatic rings. The second-order valence-electron chi connectivity index (χ2n) is 4.62. The van der Waals surface area contributed by atoms with Crippen molar-refractivity contribution in [1.29, 1.82) is 0 Å². The average Bonchev–Trinajstić information content (AvgIpc) is 2.86. The van der Waals surface area contributed by atoms with E-state index in [1.807, 2.05) is 24.9 Å². The van der Waals surface area contributed by atoms with Crippen LogP contribution in [-0.4, -0.2) is 58.0 Å². The first kappa shape index (κ1) is 20.6. The third kappa shape index (κ3) is 9.30. The summed E-state index contributed by atoms with van der Waals surface area (Å²) in [4.78, 5) is 7.72. The van der Waals surface area contributed by atoms with Gasteiger partial charge in [-0.25, -0.2) is 8.42 Å². The maximum absolute atomic E-state index is 11.1. The molecule has 1 aromatic heterocycles. The molecule has 0 aliphatic heterocycles. The molecule has 122 valence electrons. The van der Waals surface area contributed by atoms with Gasteiger partial charge < -0.3 is 10.2 Å². The van der Waals surface area contributed by atoms with E-state index in [0.717, 1.165) is 25.5 Å². The number of guanidine groups is 1. The van der Waals surface area contributed by atoms with Crippen LogP contribution in [0.5, 0.6) is 0 Å². The van der Waals surface area contributed by atoms with Crippen LogP contribution in [0.4, 0.5) is 0 Å². The van der Waals surface area contributed by atoms with Gasteiger partial charge in [0.15, 0.2) is 5.96 Å². The molecule has 0 fully saturated rings. The Morgan fingerprint density at radius 2 is 2.19 bits per heavy atom. The molecule has 0 saturated carbocycles.